The van der Waals surface area contributed by atoms with Crippen LogP contribution in [0.25, 0.3) is 0 Å². The molecule has 1 aromatic carbocycles. The highest BCUT2D eigenvalue weighted by atomic mass is 16.5. The van der Waals surface area contributed by atoms with Crippen LogP contribution in [0.2, 0.25) is 0 Å². The summed E-state index contributed by atoms with van der Waals surface area (Å²) >= 11 is 0. The summed E-state index contributed by atoms with van der Waals surface area (Å²) in [4.78, 5) is 11.0. The molecule has 2 N–H and O–H groups in total. The summed E-state index contributed by atoms with van der Waals surface area (Å²) in [5.74, 6) is 0.235. The fourth-order valence-electron chi connectivity index (χ4n) is 1.98. The van der Waals surface area contributed by atoms with Gasteiger partial charge in [0.05, 0.1) is 12.5 Å². The van der Waals surface area contributed by atoms with Gasteiger partial charge in [-0.1, -0.05) is 38.1 Å². The van der Waals surface area contributed by atoms with Crippen molar-refractivity contribution in [1.82, 2.24) is 0 Å². The zero-order valence-electron chi connectivity index (χ0n) is 10.8. The lowest BCUT2D eigenvalue weighted by Crippen LogP contribution is -2.17. The molecule has 0 saturated heterocycles. The lowest BCUT2D eigenvalue weighted by molar-refractivity contribution is -0.120. The lowest BCUT2D eigenvalue weighted by atomic mass is 9.94. The Bertz CT molecular complexity index is 374. The summed E-state index contributed by atoms with van der Waals surface area (Å²) in [5, 5.41) is 0. The standard InChI is InChI=1S/C14H21NO2/c1-10(2)8-11-6-4-5-7-12(11)13(17-3)9-14(15)16/h4-7,10,13H,8-9H2,1-3H3,(H2,15,16). The predicted molar refractivity (Wildman–Crippen MR) is 68.5 cm³/mol. The minimum absolute atomic E-state index is 0.228. The fraction of sp³-hybridized carbons (Fsp3) is 0.500. The van der Waals surface area contributed by atoms with Crippen LogP contribution >= 0.6 is 0 Å². The number of nitrogens with two attached hydrogens (primary N) is 1. The van der Waals surface area contributed by atoms with E-state index < -0.39 is 0 Å². The third-order valence-corrected chi connectivity index (χ3v) is 2.70. The first-order valence-electron chi connectivity index (χ1n) is 5.93. The molecular weight excluding hydrogens is 214 g/mol. The monoisotopic (exact) mass is 235 g/mol. The number of hydrogen-bond donors (Lipinski definition) is 1. The number of hydrogen-bond acceptors (Lipinski definition) is 2. The Morgan fingerprint density at radius 1 is 1.35 bits per heavy atom. The first-order valence-corrected chi connectivity index (χ1v) is 5.93. The summed E-state index contributed by atoms with van der Waals surface area (Å²) in [5.41, 5.74) is 7.54. The Kier molecular flexibility index (Phi) is 5.16. The first kappa shape index (κ1) is 13.7. The maximum Gasteiger partial charge on any atom is 0.220 e. The van der Waals surface area contributed by atoms with E-state index in [0.717, 1.165) is 12.0 Å². The SMILES string of the molecule is COC(CC(N)=O)c1ccccc1CC(C)C. The van der Waals surface area contributed by atoms with Gasteiger partial charge >= 0.3 is 0 Å². The normalized spacial score (nSPS) is 12.7. The van der Waals surface area contributed by atoms with Crippen LogP contribution in [0.5, 0.6) is 0 Å². The molecule has 0 aliphatic heterocycles. The van der Waals surface area contributed by atoms with Crippen molar-refractivity contribution in [1.29, 1.82) is 0 Å². The van der Waals surface area contributed by atoms with Crippen LogP contribution in [-0.4, -0.2) is 13.0 Å². The second-order valence-electron chi connectivity index (χ2n) is 4.69. The molecule has 1 rings (SSSR count). The van der Waals surface area contributed by atoms with Crippen molar-refractivity contribution in [2.24, 2.45) is 11.7 Å². The van der Waals surface area contributed by atoms with Crippen molar-refractivity contribution in [3.05, 3.63) is 35.4 Å². The van der Waals surface area contributed by atoms with Crippen LogP contribution in [0.15, 0.2) is 24.3 Å². The number of amides is 1. The molecule has 0 aliphatic rings. The molecule has 0 radical (unpaired) electrons. The van der Waals surface area contributed by atoms with Gasteiger partial charge < -0.3 is 10.5 Å². The van der Waals surface area contributed by atoms with Gasteiger partial charge in [-0.3, -0.25) is 4.79 Å². The van der Waals surface area contributed by atoms with E-state index in [1.54, 1.807) is 7.11 Å². The zero-order chi connectivity index (χ0) is 12.8. The van der Waals surface area contributed by atoms with Gasteiger partial charge in [0.2, 0.25) is 5.91 Å². The number of ether oxygens (including phenoxy) is 1. The van der Waals surface area contributed by atoms with Gasteiger partial charge in [-0.05, 0) is 23.5 Å². The van der Waals surface area contributed by atoms with Gasteiger partial charge in [-0.2, -0.15) is 0 Å². The molecule has 0 spiro atoms. The highest BCUT2D eigenvalue weighted by Gasteiger charge is 2.17. The van der Waals surface area contributed by atoms with Crippen LogP contribution in [0.4, 0.5) is 0 Å². The zero-order valence-corrected chi connectivity index (χ0v) is 10.8. The number of carbonyl (C=O) groups is 1. The van der Waals surface area contributed by atoms with Gasteiger partial charge in [0.1, 0.15) is 0 Å². The highest BCUT2D eigenvalue weighted by molar-refractivity contribution is 5.74. The maximum atomic E-state index is 11.0. The van der Waals surface area contributed by atoms with E-state index in [1.165, 1.54) is 5.56 Å². The van der Waals surface area contributed by atoms with Crippen LogP contribution in [0, 0.1) is 5.92 Å². The van der Waals surface area contributed by atoms with Crippen molar-refractivity contribution in [3.8, 4) is 0 Å². The minimum Gasteiger partial charge on any atom is -0.376 e. The van der Waals surface area contributed by atoms with Crippen molar-refractivity contribution < 1.29 is 9.53 Å². The topological polar surface area (TPSA) is 52.3 Å². The molecular formula is C14H21NO2. The molecule has 0 saturated carbocycles. The molecule has 0 heterocycles. The fourth-order valence-corrected chi connectivity index (χ4v) is 1.98. The molecule has 0 aliphatic carbocycles. The Balaban J connectivity index is 2.96. The molecule has 1 unspecified atom stereocenters. The average molecular weight is 235 g/mol. The van der Waals surface area contributed by atoms with E-state index in [4.69, 9.17) is 10.5 Å². The average Bonchev–Trinajstić information content (AvgIpc) is 2.26. The van der Waals surface area contributed by atoms with E-state index in [1.807, 2.05) is 18.2 Å². The summed E-state index contributed by atoms with van der Waals surface area (Å²) in [7, 11) is 1.61. The van der Waals surface area contributed by atoms with Gasteiger partial charge in [-0.25, -0.2) is 0 Å². The number of carbonyl (C=O) groups excluding carboxylic acids is 1. The lowest BCUT2D eigenvalue weighted by Gasteiger charge is -2.19. The van der Waals surface area contributed by atoms with E-state index in [2.05, 4.69) is 19.9 Å². The first-order chi connectivity index (χ1) is 8.04. The van der Waals surface area contributed by atoms with E-state index in [-0.39, 0.29) is 18.4 Å². The smallest absolute Gasteiger partial charge is 0.220 e. The Morgan fingerprint density at radius 2 is 2.00 bits per heavy atom. The maximum absolute atomic E-state index is 11.0. The number of benzene rings is 1. The highest BCUT2D eigenvalue weighted by Crippen LogP contribution is 2.25. The molecule has 0 fully saturated rings. The molecule has 94 valence electrons. The molecule has 0 aromatic heterocycles. The van der Waals surface area contributed by atoms with Crippen molar-refractivity contribution >= 4 is 5.91 Å². The van der Waals surface area contributed by atoms with Crippen molar-refractivity contribution in [2.75, 3.05) is 7.11 Å². The quantitative estimate of drug-likeness (QED) is 0.823. The molecule has 1 atom stereocenters. The third-order valence-electron chi connectivity index (χ3n) is 2.70. The van der Waals surface area contributed by atoms with Gasteiger partial charge in [0, 0.05) is 7.11 Å². The molecule has 17 heavy (non-hydrogen) atoms. The van der Waals surface area contributed by atoms with Crippen LogP contribution in [-0.2, 0) is 16.0 Å². The van der Waals surface area contributed by atoms with Gasteiger partial charge in [0.25, 0.3) is 0 Å². The predicted octanol–water partition coefficient (Wildman–Crippen LogP) is 2.45. The number of primary amides is 1. The van der Waals surface area contributed by atoms with Crippen LogP contribution in [0.1, 0.15) is 37.5 Å². The van der Waals surface area contributed by atoms with Crippen molar-refractivity contribution in [3.63, 3.8) is 0 Å². The Labute approximate surface area is 103 Å². The van der Waals surface area contributed by atoms with Gasteiger partial charge in [-0.15, -0.1) is 0 Å². The Morgan fingerprint density at radius 3 is 2.53 bits per heavy atom. The molecule has 3 nitrogen and oxygen atoms in total. The second-order valence-corrected chi connectivity index (χ2v) is 4.69. The molecule has 1 aromatic rings. The largest absolute Gasteiger partial charge is 0.376 e. The van der Waals surface area contributed by atoms with E-state index in [0.29, 0.717) is 5.92 Å². The summed E-state index contributed by atoms with van der Waals surface area (Å²) in [6.45, 7) is 4.35. The third kappa shape index (κ3) is 4.19. The van der Waals surface area contributed by atoms with Crippen LogP contribution < -0.4 is 5.73 Å². The minimum atomic E-state index is -0.337. The van der Waals surface area contributed by atoms with E-state index in [9.17, 15) is 4.79 Å². The molecule has 0 bridgehead atoms. The number of rotatable bonds is 6. The second kappa shape index (κ2) is 6.40. The van der Waals surface area contributed by atoms with E-state index >= 15 is 0 Å². The molecule has 3 heteroatoms. The summed E-state index contributed by atoms with van der Waals surface area (Å²) in [6.07, 6.45) is 0.975. The molecule has 1 amide bonds. The summed E-state index contributed by atoms with van der Waals surface area (Å²) < 4.78 is 5.37. The summed E-state index contributed by atoms with van der Waals surface area (Å²) in [6, 6.07) is 8.07. The number of methoxy groups -OCH3 is 1. The van der Waals surface area contributed by atoms with Crippen molar-refractivity contribution in [2.45, 2.75) is 32.8 Å². The van der Waals surface area contributed by atoms with Crippen LogP contribution in [0.3, 0.4) is 0 Å². The van der Waals surface area contributed by atoms with Gasteiger partial charge in [0.15, 0.2) is 0 Å². The Hall–Kier alpha value is -1.35.